The second-order valence-electron chi connectivity index (χ2n) is 3.38. The highest BCUT2D eigenvalue weighted by atomic mass is 35.5. The summed E-state index contributed by atoms with van der Waals surface area (Å²) in [5, 5.41) is 0.591. The normalized spacial score (nSPS) is 27.2. The smallest absolute Gasteiger partial charge is 0.131 e. The lowest BCUT2D eigenvalue weighted by atomic mass is 10.1. The molecular weight excluding hydrogens is 172 g/mol. The third-order valence-corrected chi connectivity index (χ3v) is 2.70. The molecule has 0 bridgehead atoms. The standard InChI is InChI=1S/C9H11ClN2/c1-5-2-6(4-12-9(5)10)7-3-8(7)11/h2,4,7-8H,3,11H2,1H3/t7-,8+/m0/s1. The summed E-state index contributed by atoms with van der Waals surface area (Å²) in [5.74, 6) is 0.522. The van der Waals surface area contributed by atoms with E-state index in [1.54, 1.807) is 0 Å². The van der Waals surface area contributed by atoms with Crippen LogP contribution < -0.4 is 5.73 Å². The molecule has 12 heavy (non-hydrogen) atoms. The number of hydrogen-bond donors (Lipinski definition) is 1. The van der Waals surface area contributed by atoms with Gasteiger partial charge in [-0.2, -0.15) is 0 Å². The van der Waals surface area contributed by atoms with Crippen molar-refractivity contribution in [1.82, 2.24) is 4.98 Å². The van der Waals surface area contributed by atoms with Gasteiger partial charge >= 0.3 is 0 Å². The predicted octanol–water partition coefficient (Wildman–Crippen LogP) is 1.86. The van der Waals surface area contributed by atoms with Crippen molar-refractivity contribution in [3.63, 3.8) is 0 Å². The fraction of sp³-hybridized carbons (Fsp3) is 0.444. The topological polar surface area (TPSA) is 38.9 Å². The summed E-state index contributed by atoms with van der Waals surface area (Å²) >= 11 is 5.80. The van der Waals surface area contributed by atoms with E-state index in [-0.39, 0.29) is 0 Å². The SMILES string of the molecule is Cc1cc([C@@H]2C[C@H]2N)cnc1Cl. The Morgan fingerprint density at radius 3 is 2.83 bits per heavy atom. The van der Waals surface area contributed by atoms with Gasteiger partial charge in [-0.05, 0) is 24.5 Å². The van der Waals surface area contributed by atoms with Crippen molar-refractivity contribution in [3.8, 4) is 0 Å². The number of rotatable bonds is 1. The zero-order valence-electron chi connectivity index (χ0n) is 6.92. The average molecular weight is 183 g/mol. The van der Waals surface area contributed by atoms with Crippen LogP contribution in [0, 0.1) is 6.92 Å². The van der Waals surface area contributed by atoms with E-state index < -0.39 is 0 Å². The molecule has 1 aromatic rings. The molecule has 0 amide bonds. The first-order valence-corrected chi connectivity index (χ1v) is 4.44. The third-order valence-electron chi connectivity index (χ3n) is 2.30. The van der Waals surface area contributed by atoms with Gasteiger partial charge in [-0.1, -0.05) is 17.7 Å². The average Bonchev–Trinajstić information content (AvgIpc) is 2.73. The van der Waals surface area contributed by atoms with Crippen LogP contribution in [0.3, 0.4) is 0 Å². The molecule has 0 spiro atoms. The van der Waals surface area contributed by atoms with Crippen LogP contribution in [-0.2, 0) is 0 Å². The van der Waals surface area contributed by atoms with Gasteiger partial charge in [-0.15, -0.1) is 0 Å². The Balaban J connectivity index is 2.29. The number of nitrogens with two attached hydrogens (primary N) is 1. The minimum absolute atomic E-state index is 0.340. The second kappa shape index (κ2) is 2.71. The van der Waals surface area contributed by atoms with Gasteiger partial charge < -0.3 is 5.73 Å². The molecule has 1 heterocycles. The molecule has 0 radical (unpaired) electrons. The van der Waals surface area contributed by atoms with Crippen molar-refractivity contribution in [1.29, 1.82) is 0 Å². The molecule has 0 aromatic carbocycles. The summed E-state index contributed by atoms with van der Waals surface area (Å²) in [5.41, 5.74) is 7.99. The van der Waals surface area contributed by atoms with E-state index in [0.717, 1.165) is 12.0 Å². The van der Waals surface area contributed by atoms with Crippen LogP contribution in [0.25, 0.3) is 0 Å². The molecule has 0 saturated heterocycles. The number of nitrogens with zero attached hydrogens (tertiary/aromatic N) is 1. The van der Waals surface area contributed by atoms with E-state index in [9.17, 15) is 0 Å². The molecule has 2 rings (SSSR count). The maximum absolute atomic E-state index is 5.80. The monoisotopic (exact) mass is 182 g/mol. The molecule has 0 unspecified atom stereocenters. The van der Waals surface area contributed by atoms with Crippen LogP contribution in [-0.4, -0.2) is 11.0 Å². The molecule has 2 nitrogen and oxygen atoms in total. The number of halogens is 1. The molecule has 0 aliphatic heterocycles. The first-order valence-electron chi connectivity index (χ1n) is 4.06. The van der Waals surface area contributed by atoms with E-state index in [1.807, 2.05) is 13.1 Å². The van der Waals surface area contributed by atoms with Gasteiger partial charge in [0.05, 0.1) is 0 Å². The summed E-state index contributed by atoms with van der Waals surface area (Å²) in [7, 11) is 0. The fourth-order valence-electron chi connectivity index (χ4n) is 1.38. The number of aryl methyl sites for hydroxylation is 1. The summed E-state index contributed by atoms with van der Waals surface area (Å²) in [6.07, 6.45) is 2.91. The molecule has 1 aromatic heterocycles. The van der Waals surface area contributed by atoms with Gasteiger partial charge in [0.1, 0.15) is 5.15 Å². The highest BCUT2D eigenvalue weighted by Gasteiger charge is 2.35. The molecule has 2 atom stereocenters. The van der Waals surface area contributed by atoms with E-state index in [4.69, 9.17) is 17.3 Å². The van der Waals surface area contributed by atoms with Crippen molar-refractivity contribution in [2.24, 2.45) is 5.73 Å². The van der Waals surface area contributed by atoms with Crippen molar-refractivity contribution in [2.75, 3.05) is 0 Å². The molecule has 1 fully saturated rings. The summed E-state index contributed by atoms with van der Waals surface area (Å²) < 4.78 is 0. The van der Waals surface area contributed by atoms with Crippen LogP contribution in [0.4, 0.5) is 0 Å². The highest BCUT2D eigenvalue weighted by Crippen LogP contribution is 2.39. The Morgan fingerprint density at radius 2 is 2.33 bits per heavy atom. The van der Waals surface area contributed by atoms with Crippen LogP contribution in [0.1, 0.15) is 23.5 Å². The molecule has 3 heteroatoms. The summed E-state index contributed by atoms with van der Waals surface area (Å²) in [6, 6.07) is 2.42. The quantitative estimate of drug-likeness (QED) is 0.674. The Hall–Kier alpha value is -0.600. The fourth-order valence-corrected chi connectivity index (χ4v) is 1.48. The lowest BCUT2D eigenvalue weighted by Crippen LogP contribution is -2.01. The van der Waals surface area contributed by atoms with Crippen molar-refractivity contribution in [3.05, 3.63) is 28.5 Å². The Labute approximate surface area is 76.7 Å². The lowest BCUT2D eigenvalue weighted by Gasteiger charge is -2.00. The van der Waals surface area contributed by atoms with Gasteiger partial charge in [0.15, 0.2) is 0 Å². The first kappa shape index (κ1) is 8.02. The van der Waals surface area contributed by atoms with Crippen molar-refractivity contribution in [2.45, 2.75) is 25.3 Å². The minimum atomic E-state index is 0.340. The van der Waals surface area contributed by atoms with E-state index in [0.29, 0.717) is 17.1 Å². The minimum Gasteiger partial charge on any atom is -0.327 e. The highest BCUT2D eigenvalue weighted by molar-refractivity contribution is 6.30. The van der Waals surface area contributed by atoms with Gasteiger partial charge in [-0.3, -0.25) is 0 Å². The Bertz CT molecular complexity index is 311. The van der Waals surface area contributed by atoms with E-state index in [2.05, 4.69) is 11.1 Å². The molecule has 2 N–H and O–H groups in total. The van der Waals surface area contributed by atoms with Gasteiger partial charge in [0, 0.05) is 18.2 Å². The number of pyridine rings is 1. The lowest BCUT2D eigenvalue weighted by molar-refractivity contribution is 0.977. The maximum Gasteiger partial charge on any atom is 0.131 e. The Kier molecular flexibility index (Phi) is 1.81. The third kappa shape index (κ3) is 1.32. The predicted molar refractivity (Wildman–Crippen MR) is 49.3 cm³/mol. The summed E-state index contributed by atoms with van der Waals surface area (Å²) in [6.45, 7) is 1.97. The summed E-state index contributed by atoms with van der Waals surface area (Å²) in [4.78, 5) is 4.08. The van der Waals surface area contributed by atoms with Gasteiger partial charge in [0.2, 0.25) is 0 Å². The van der Waals surface area contributed by atoms with Gasteiger partial charge in [-0.25, -0.2) is 4.98 Å². The van der Waals surface area contributed by atoms with Crippen LogP contribution in [0.2, 0.25) is 5.15 Å². The number of hydrogen-bond acceptors (Lipinski definition) is 2. The molecule has 64 valence electrons. The van der Waals surface area contributed by atoms with Crippen molar-refractivity contribution < 1.29 is 0 Å². The molecule has 1 aliphatic carbocycles. The molecular formula is C9H11ClN2. The number of aromatic nitrogens is 1. The zero-order chi connectivity index (χ0) is 8.72. The van der Waals surface area contributed by atoms with Crippen LogP contribution in [0.5, 0.6) is 0 Å². The van der Waals surface area contributed by atoms with Crippen molar-refractivity contribution >= 4 is 11.6 Å². The second-order valence-corrected chi connectivity index (χ2v) is 3.74. The van der Waals surface area contributed by atoms with Crippen LogP contribution in [0.15, 0.2) is 12.3 Å². The van der Waals surface area contributed by atoms with E-state index >= 15 is 0 Å². The molecule has 1 saturated carbocycles. The largest absolute Gasteiger partial charge is 0.327 e. The zero-order valence-corrected chi connectivity index (χ0v) is 7.67. The van der Waals surface area contributed by atoms with Crippen LogP contribution >= 0.6 is 11.6 Å². The first-order chi connectivity index (χ1) is 5.68. The molecule has 1 aliphatic rings. The van der Waals surface area contributed by atoms with E-state index in [1.165, 1.54) is 5.56 Å². The maximum atomic E-state index is 5.80. The van der Waals surface area contributed by atoms with Gasteiger partial charge in [0.25, 0.3) is 0 Å². The Morgan fingerprint density at radius 1 is 1.67 bits per heavy atom.